The molecule has 2 rings (SSSR count). The zero-order valence-corrected chi connectivity index (χ0v) is 14.7. The molecule has 0 aliphatic heterocycles. The van der Waals surface area contributed by atoms with Crippen molar-refractivity contribution in [1.29, 1.82) is 0 Å². The normalized spacial score (nSPS) is 12.1. The quantitative estimate of drug-likeness (QED) is 0.882. The number of amides is 1. The Morgan fingerprint density at radius 3 is 2.54 bits per heavy atom. The Labute approximate surface area is 148 Å². The van der Waals surface area contributed by atoms with Crippen LogP contribution in [0.3, 0.4) is 0 Å². The van der Waals surface area contributed by atoms with Crippen molar-refractivity contribution in [2.45, 2.75) is 32.9 Å². The number of hydrogen-bond donors (Lipinski definition) is 1. The van der Waals surface area contributed by atoms with E-state index in [0.29, 0.717) is 12.0 Å². The van der Waals surface area contributed by atoms with E-state index in [0.717, 1.165) is 4.68 Å². The lowest BCUT2D eigenvalue weighted by molar-refractivity contribution is 0.0532. The van der Waals surface area contributed by atoms with E-state index in [2.05, 4.69) is 10.4 Å². The number of nitrogens with one attached hydrogen (secondary N) is 1. The predicted octanol–water partition coefficient (Wildman–Crippen LogP) is 2.55. The summed E-state index contributed by atoms with van der Waals surface area (Å²) in [6.07, 6.45) is 0.869. The van der Waals surface area contributed by atoms with E-state index in [1.807, 2.05) is 0 Å². The lowest BCUT2D eigenvalue weighted by Gasteiger charge is -2.19. The average Bonchev–Trinajstić information content (AvgIpc) is 2.91. The first-order valence-electron chi connectivity index (χ1n) is 7.85. The molecule has 26 heavy (non-hydrogen) atoms. The van der Waals surface area contributed by atoms with Crippen LogP contribution in [0.15, 0.2) is 47.3 Å². The molecule has 9 heteroatoms. The summed E-state index contributed by atoms with van der Waals surface area (Å²) in [5.41, 5.74) is -0.634. The maximum absolute atomic E-state index is 13.1. The SMILES string of the molecule is CC(C)(C)OC(=O)NC/C(=C\F)Cn1ncn(-c2ccc(F)cc2)c1=O. The smallest absolute Gasteiger partial charge is 0.407 e. The van der Waals surface area contributed by atoms with Gasteiger partial charge in [0.05, 0.1) is 18.6 Å². The second-order valence-corrected chi connectivity index (χ2v) is 6.54. The Morgan fingerprint density at radius 2 is 1.96 bits per heavy atom. The van der Waals surface area contributed by atoms with Crippen LogP contribution in [0.4, 0.5) is 13.6 Å². The van der Waals surface area contributed by atoms with Crippen molar-refractivity contribution < 1.29 is 18.3 Å². The van der Waals surface area contributed by atoms with Crippen LogP contribution in [0.2, 0.25) is 0 Å². The standard InChI is InChI=1S/C17H20F2N4O3/c1-17(2,3)26-15(24)20-9-12(8-18)10-23-16(25)22(11-21-23)14-6-4-13(19)5-7-14/h4-8,11H,9-10H2,1-3H3,(H,20,24)/b12-8+. The summed E-state index contributed by atoms with van der Waals surface area (Å²) in [7, 11) is 0. The van der Waals surface area contributed by atoms with E-state index in [1.165, 1.54) is 35.2 Å². The van der Waals surface area contributed by atoms with Gasteiger partial charge in [-0.05, 0) is 50.6 Å². The molecule has 1 N–H and O–H groups in total. The molecule has 0 bridgehead atoms. The third-order valence-electron chi connectivity index (χ3n) is 3.20. The van der Waals surface area contributed by atoms with E-state index in [1.54, 1.807) is 20.8 Å². The summed E-state index contributed by atoms with van der Waals surface area (Å²) in [4.78, 5) is 24.0. The monoisotopic (exact) mass is 366 g/mol. The van der Waals surface area contributed by atoms with Crippen LogP contribution in [-0.4, -0.2) is 32.6 Å². The highest BCUT2D eigenvalue weighted by atomic mass is 19.1. The average molecular weight is 366 g/mol. The second kappa shape index (κ2) is 7.94. The fourth-order valence-corrected chi connectivity index (χ4v) is 2.05. The van der Waals surface area contributed by atoms with Gasteiger partial charge >= 0.3 is 11.8 Å². The second-order valence-electron chi connectivity index (χ2n) is 6.54. The van der Waals surface area contributed by atoms with E-state index in [4.69, 9.17) is 4.74 Å². The number of rotatable bonds is 5. The lowest BCUT2D eigenvalue weighted by atomic mass is 10.2. The first-order valence-corrected chi connectivity index (χ1v) is 7.85. The van der Waals surface area contributed by atoms with Crippen LogP contribution < -0.4 is 11.0 Å². The number of hydrogen-bond acceptors (Lipinski definition) is 4. The summed E-state index contributed by atoms with van der Waals surface area (Å²) in [5, 5.41) is 6.32. The number of benzene rings is 1. The topological polar surface area (TPSA) is 78.2 Å². The van der Waals surface area contributed by atoms with Crippen molar-refractivity contribution in [3.63, 3.8) is 0 Å². The van der Waals surface area contributed by atoms with Gasteiger partial charge in [0.1, 0.15) is 17.7 Å². The molecule has 0 aliphatic rings. The summed E-state index contributed by atoms with van der Waals surface area (Å²) < 4.78 is 33.4. The minimum Gasteiger partial charge on any atom is -0.444 e. The molecule has 140 valence electrons. The van der Waals surface area contributed by atoms with Gasteiger partial charge in [0.2, 0.25) is 0 Å². The third-order valence-corrected chi connectivity index (χ3v) is 3.20. The molecular weight excluding hydrogens is 346 g/mol. The number of ether oxygens (including phenoxy) is 1. The van der Waals surface area contributed by atoms with Crippen molar-refractivity contribution in [3.05, 3.63) is 58.8 Å². The van der Waals surface area contributed by atoms with Gasteiger partial charge in [0.15, 0.2) is 0 Å². The van der Waals surface area contributed by atoms with Gasteiger partial charge in [-0.15, -0.1) is 0 Å². The number of carbonyl (C=O) groups excluding carboxylic acids is 1. The van der Waals surface area contributed by atoms with Crippen LogP contribution in [0, 0.1) is 5.82 Å². The van der Waals surface area contributed by atoms with Crippen LogP contribution in [0.25, 0.3) is 5.69 Å². The van der Waals surface area contributed by atoms with Crippen molar-refractivity contribution in [1.82, 2.24) is 19.7 Å². The number of alkyl carbamates (subject to hydrolysis) is 1. The zero-order valence-electron chi connectivity index (χ0n) is 14.7. The van der Waals surface area contributed by atoms with Crippen molar-refractivity contribution in [2.24, 2.45) is 0 Å². The molecule has 0 radical (unpaired) electrons. The molecule has 0 aliphatic carbocycles. The first-order chi connectivity index (χ1) is 12.2. The minimum absolute atomic E-state index is 0.127. The molecule has 0 saturated heterocycles. The largest absolute Gasteiger partial charge is 0.444 e. The van der Waals surface area contributed by atoms with Crippen LogP contribution in [0.5, 0.6) is 0 Å². The van der Waals surface area contributed by atoms with Crippen molar-refractivity contribution >= 4 is 6.09 Å². The molecule has 0 fully saturated rings. The van der Waals surface area contributed by atoms with Gasteiger partial charge in [-0.25, -0.2) is 27.6 Å². The van der Waals surface area contributed by atoms with E-state index < -0.39 is 23.2 Å². The summed E-state index contributed by atoms with van der Waals surface area (Å²) in [6.45, 7) is 4.83. The molecule has 0 saturated carbocycles. The summed E-state index contributed by atoms with van der Waals surface area (Å²) in [6, 6.07) is 5.30. The van der Waals surface area contributed by atoms with E-state index in [9.17, 15) is 18.4 Å². The van der Waals surface area contributed by atoms with Gasteiger partial charge in [0, 0.05) is 6.54 Å². The molecule has 2 aromatic rings. The minimum atomic E-state index is -0.693. The fourth-order valence-electron chi connectivity index (χ4n) is 2.05. The van der Waals surface area contributed by atoms with E-state index >= 15 is 0 Å². The number of aromatic nitrogens is 3. The molecule has 1 aromatic carbocycles. The zero-order chi connectivity index (χ0) is 19.3. The Morgan fingerprint density at radius 1 is 1.31 bits per heavy atom. The van der Waals surface area contributed by atoms with Crippen LogP contribution >= 0.6 is 0 Å². The summed E-state index contributed by atoms with van der Waals surface area (Å²) in [5.74, 6) is -0.426. The molecule has 0 spiro atoms. The number of halogens is 2. The molecule has 0 atom stereocenters. The van der Waals surface area contributed by atoms with Gasteiger partial charge < -0.3 is 10.1 Å². The number of carbonyl (C=O) groups is 1. The van der Waals surface area contributed by atoms with Gasteiger partial charge in [-0.2, -0.15) is 5.10 Å². The Hall–Kier alpha value is -2.97. The van der Waals surface area contributed by atoms with Crippen molar-refractivity contribution in [3.8, 4) is 5.69 Å². The maximum atomic E-state index is 13.1. The third kappa shape index (κ3) is 5.27. The molecular formula is C17H20F2N4O3. The van der Waals surface area contributed by atoms with E-state index in [-0.39, 0.29) is 18.7 Å². The maximum Gasteiger partial charge on any atom is 0.407 e. The Kier molecular flexibility index (Phi) is 5.91. The molecule has 0 unspecified atom stereocenters. The highest BCUT2D eigenvalue weighted by molar-refractivity contribution is 5.68. The molecule has 7 nitrogen and oxygen atoms in total. The lowest BCUT2D eigenvalue weighted by Crippen LogP contribution is -2.34. The fraction of sp³-hybridized carbons (Fsp3) is 0.353. The van der Waals surface area contributed by atoms with Crippen LogP contribution in [-0.2, 0) is 11.3 Å². The van der Waals surface area contributed by atoms with Crippen LogP contribution in [0.1, 0.15) is 20.8 Å². The van der Waals surface area contributed by atoms with Gasteiger partial charge in [0.25, 0.3) is 0 Å². The molecule has 1 aromatic heterocycles. The molecule has 1 heterocycles. The number of nitrogens with zero attached hydrogens (tertiary/aromatic N) is 3. The molecule has 1 amide bonds. The predicted molar refractivity (Wildman–Crippen MR) is 91.2 cm³/mol. The highest BCUT2D eigenvalue weighted by Crippen LogP contribution is 2.08. The van der Waals surface area contributed by atoms with Gasteiger partial charge in [-0.3, -0.25) is 0 Å². The Balaban J connectivity index is 2.04. The van der Waals surface area contributed by atoms with Gasteiger partial charge in [-0.1, -0.05) is 0 Å². The first kappa shape index (κ1) is 19.4. The summed E-state index contributed by atoms with van der Waals surface area (Å²) >= 11 is 0. The highest BCUT2D eigenvalue weighted by Gasteiger charge is 2.16. The Bertz CT molecular complexity index is 848. The van der Waals surface area contributed by atoms with Crippen molar-refractivity contribution in [2.75, 3.05) is 6.54 Å².